The summed E-state index contributed by atoms with van der Waals surface area (Å²) in [6.07, 6.45) is 16.7. The van der Waals surface area contributed by atoms with Gasteiger partial charge >= 0.3 is 11.9 Å². The average Bonchev–Trinajstić information content (AvgIpc) is 2.79. The second-order valence-electron chi connectivity index (χ2n) is 8.50. The van der Waals surface area contributed by atoms with Crippen LogP contribution in [-0.2, 0) is 9.59 Å². The SMILES string of the molecule is CCCCCCCCCC(=O)Oc1ccc(OC)cc1OC(=O)CCCCCCCCC. The Balaban J connectivity index is 2.43. The number of benzene rings is 1. The molecular formula is C27H44O5. The molecule has 5 heteroatoms. The van der Waals surface area contributed by atoms with Crippen molar-refractivity contribution >= 4 is 11.9 Å². The molecule has 0 saturated heterocycles. The third-order valence-corrected chi connectivity index (χ3v) is 5.57. The fourth-order valence-electron chi connectivity index (χ4n) is 3.58. The average molecular weight is 449 g/mol. The van der Waals surface area contributed by atoms with Crippen molar-refractivity contribution in [2.75, 3.05) is 7.11 Å². The van der Waals surface area contributed by atoms with Crippen LogP contribution in [0.1, 0.15) is 117 Å². The fraction of sp³-hybridized carbons (Fsp3) is 0.704. The molecule has 0 heterocycles. The highest BCUT2D eigenvalue weighted by atomic mass is 16.6. The summed E-state index contributed by atoms with van der Waals surface area (Å²) in [5.74, 6) is 0.455. The minimum atomic E-state index is -0.309. The first-order valence-corrected chi connectivity index (χ1v) is 12.7. The van der Waals surface area contributed by atoms with Gasteiger partial charge in [0.1, 0.15) is 5.75 Å². The van der Waals surface area contributed by atoms with Crippen LogP contribution in [0.3, 0.4) is 0 Å². The van der Waals surface area contributed by atoms with Gasteiger partial charge in [0.2, 0.25) is 0 Å². The zero-order valence-electron chi connectivity index (χ0n) is 20.6. The third-order valence-electron chi connectivity index (χ3n) is 5.57. The first-order valence-electron chi connectivity index (χ1n) is 12.7. The Hall–Kier alpha value is -2.04. The topological polar surface area (TPSA) is 61.8 Å². The molecule has 0 bridgehead atoms. The minimum absolute atomic E-state index is 0.241. The van der Waals surface area contributed by atoms with Crippen LogP contribution in [0.2, 0.25) is 0 Å². The molecule has 32 heavy (non-hydrogen) atoms. The van der Waals surface area contributed by atoms with Gasteiger partial charge in [-0.25, -0.2) is 0 Å². The van der Waals surface area contributed by atoms with Gasteiger partial charge in [-0.15, -0.1) is 0 Å². The molecule has 0 radical (unpaired) electrons. The lowest BCUT2D eigenvalue weighted by Crippen LogP contribution is -2.12. The quantitative estimate of drug-likeness (QED) is 0.123. The summed E-state index contributed by atoms with van der Waals surface area (Å²) in [5.41, 5.74) is 0. The monoisotopic (exact) mass is 448 g/mol. The standard InChI is InChI=1S/C27H44O5/c1-4-6-8-10-12-14-16-18-26(28)31-24-21-20-23(30-3)22-25(24)32-27(29)19-17-15-13-11-9-7-5-2/h20-22H,4-19H2,1-3H3. The smallest absolute Gasteiger partial charge is 0.311 e. The Bertz CT molecular complexity index is 641. The number of unbranched alkanes of at least 4 members (excludes halogenated alkanes) is 12. The number of esters is 2. The summed E-state index contributed by atoms with van der Waals surface area (Å²) >= 11 is 0. The number of hydrogen-bond donors (Lipinski definition) is 0. The molecule has 0 unspecified atom stereocenters. The van der Waals surface area contributed by atoms with Crippen LogP contribution < -0.4 is 14.2 Å². The van der Waals surface area contributed by atoms with Crippen molar-refractivity contribution in [3.8, 4) is 17.2 Å². The van der Waals surface area contributed by atoms with E-state index in [9.17, 15) is 9.59 Å². The minimum Gasteiger partial charge on any atom is -0.497 e. The van der Waals surface area contributed by atoms with E-state index in [0.717, 1.165) is 38.5 Å². The van der Waals surface area contributed by atoms with E-state index in [4.69, 9.17) is 14.2 Å². The molecule has 0 aliphatic rings. The molecule has 1 aromatic rings. The largest absolute Gasteiger partial charge is 0.497 e. The molecule has 0 aliphatic heterocycles. The maximum atomic E-state index is 12.3. The van der Waals surface area contributed by atoms with Crippen LogP contribution in [0.15, 0.2) is 18.2 Å². The summed E-state index contributed by atoms with van der Waals surface area (Å²) in [7, 11) is 1.55. The molecule has 0 aliphatic carbocycles. The Kier molecular flexibility index (Phi) is 16.2. The van der Waals surface area contributed by atoms with Gasteiger partial charge in [-0.3, -0.25) is 9.59 Å². The number of carbonyl (C=O) groups is 2. The van der Waals surface area contributed by atoms with Crippen LogP contribution in [-0.4, -0.2) is 19.0 Å². The van der Waals surface area contributed by atoms with Crippen molar-refractivity contribution in [1.82, 2.24) is 0 Å². The fourth-order valence-corrected chi connectivity index (χ4v) is 3.58. The van der Waals surface area contributed by atoms with E-state index >= 15 is 0 Å². The van der Waals surface area contributed by atoms with Crippen LogP contribution in [0.4, 0.5) is 0 Å². The first-order chi connectivity index (χ1) is 15.6. The van der Waals surface area contributed by atoms with Crippen molar-refractivity contribution in [3.63, 3.8) is 0 Å². The van der Waals surface area contributed by atoms with E-state index in [2.05, 4.69) is 13.8 Å². The number of methoxy groups -OCH3 is 1. The summed E-state index contributed by atoms with van der Waals surface area (Å²) in [6.45, 7) is 4.41. The van der Waals surface area contributed by atoms with E-state index in [1.165, 1.54) is 51.4 Å². The lowest BCUT2D eigenvalue weighted by Gasteiger charge is -2.12. The van der Waals surface area contributed by atoms with Gasteiger partial charge in [-0.05, 0) is 25.0 Å². The van der Waals surface area contributed by atoms with Crippen LogP contribution in [0.25, 0.3) is 0 Å². The summed E-state index contributed by atoms with van der Waals surface area (Å²) in [4.78, 5) is 24.6. The van der Waals surface area contributed by atoms with Gasteiger partial charge in [-0.1, -0.05) is 90.9 Å². The zero-order chi connectivity index (χ0) is 23.4. The van der Waals surface area contributed by atoms with Crippen molar-refractivity contribution in [2.24, 2.45) is 0 Å². The second kappa shape index (κ2) is 18.5. The van der Waals surface area contributed by atoms with Crippen LogP contribution in [0.5, 0.6) is 17.2 Å². The molecule has 0 spiro atoms. The zero-order valence-corrected chi connectivity index (χ0v) is 20.6. The number of ether oxygens (including phenoxy) is 3. The Morgan fingerprint density at radius 1 is 0.625 bits per heavy atom. The lowest BCUT2D eigenvalue weighted by molar-refractivity contribution is -0.137. The Labute approximate surface area is 195 Å². The van der Waals surface area contributed by atoms with Gasteiger partial charge in [0.25, 0.3) is 0 Å². The highest BCUT2D eigenvalue weighted by Crippen LogP contribution is 2.32. The molecule has 0 fully saturated rings. The second-order valence-corrected chi connectivity index (χ2v) is 8.50. The summed E-state index contributed by atoms with van der Waals surface area (Å²) in [6, 6.07) is 4.92. The van der Waals surface area contributed by atoms with Crippen LogP contribution in [0, 0.1) is 0 Å². The normalized spacial score (nSPS) is 10.7. The number of carbonyl (C=O) groups excluding carboxylic acids is 2. The van der Waals surface area contributed by atoms with Crippen molar-refractivity contribution in [1.29, 1.82) is 0 Å². The molecule has 5 nitrogen and oxygen atoms in total. The highest BCUT2D eigenvalue weighted by molar-refractivity contribution is 5.76. The highest BCUT2D eigenvalue weighted by Gasteiger charge is 2.15. The van der Waals surface area contributed by atoms with Gasteiger partial charge in [0, 0.05) is 18.9 Å². The number of hydrogen-bond acceptors (Lipinski definition) is 5. The van der Waals surface area contributed by atoms with Crippen molar-refractivity contribution < 1.29 is 23.8 Å². The van der Waals surface area contributed by atoms with Crippen molar-refractivity contribution in [3.05, 3.63) is 18.2 Å². The molecule has 1 aromatic carbocycles. The molecule has 0 atom stereocenters. The van der Waals surface area contributed by atoms with E-state index in [0.29, 0.717) is 18.6 Å². The van der Waals surface area contributed by atoms with Gasteiger partial charge in [-0.2, -0.15) is 0 Å². The van der Waals surface area contributed by atoms with Crippen molar-refractivity contribution in [2.45, 2.75) is 117 Å². The molecule has 1 rings (SSSR count). The molecule has 182 valence electrons. The third kappa shape index (κ3) is 13.4. The van der Waals surface area contributed by atoms with Gasteiger partial charge in [0.05, 0.1) is 7.11 Å². The maximum Gasteiger partial charge on any atom is 0.311 e. The molecule has 0 N–H and O–H groups in total. The predicted molar refractivity (Wildman–Crippen MR) is 129 cm³/mol. The van der Waals surface area contributed by atoms with E-state index in [-0.39, 0.29) is 23.4 Å². The Morgan fingerprint density at radius 2 is 1.06 bits per heavy atom. The predicted octanol–water partition coefficient (Wildman–Crippen LogP) is 7.79. The lowest BCUT2D eigenvalue weighted by atomic mass is 10.1. The summed E-state index contributed by atoms with van der Waals surface area (Å²) < 4.78 is 16.2. The summed E-state index contributed by atoms with van der Waals surface area (Å²) in [5, 5.41) is 0. The van der Waals surface area contributed by atoms with E-state index in [1.54, 1.807) is 25.3 Å². The maximum absolute atomic E-state index is 12.3. The van der Waals surface area contributed by atoms with E-state index < -0.39 is 0 Å². The van der Waals surface area contributed by atoms with E-state index in [1.807, 2.05) is 0 Å². The number of rotatable bonds is 19. The molecular weight excluding hydrogens is 404 g/mol. The Morgan fingerprint density at radius 3 is 1.53 bits per heavy atom. The first kappa shape index (κ1) is 28.0. The van der Waals surface area contributed by atoms with Gasteiger partial charge in [0.15, 0.2) is 11.5 Å². The van der Waals surface area contributed by atoms with Crippen LogP contribution >= 0.6 is 0 Å². The molecule has 0 saturated carbocycles. The molecule has 0 amide bonds. The van der Waals surface area contributed by atoms with Gasteiger partial charge < -0.3 is 14.2 Å². The molecule has 0 aromatic heterocycles.